The Hall–Kier alpha value is -3.37. The average Bonchev–Trinajstić information content (AvgIpc) is 3.29. The molecule has 4 aliphatic rings. The van der Waals surface area contributed by atoms with Gasteiger partial charge in [-0.25, -0.2) is 9.97 Å². The number of nitrogens with one attached hydrogen (secondary N) is 1. The van der Waals surface area contributed by atoms with Crippen molar-refractivity contribution in [3.05, 3.63) is 53.7 Å². The van der Waals surface area contributed by atoms with E-state index in [-0.39, 0.29) is 22.8 Å². The molecule has 2 atom stereocenters. The summed E-state index contributed by atoms with van der Waals surface area (Å²) >= 11 is 0. The lowest BCUT2D eigenvalue weighted by Gasteiger charge is -2.60. The minimum absolute atomic E-state index is 0.145. The summed E-state index contributed by atoms with van der Waals surface area (Å²) < 4.78 is 44.6. The van der Waals surface area contributed by atoms with E-state index in [0.717, 1.165) is 44.4 Å². The van der Waals surface area contributed by atoms with Crippen molar-refractivity contribution in [1.82, 2.24) is 30.5 Å². The number of pyridine rings is 1. The quantitative estimate of drug-likeness (QED) is 0.589. The number of nitrogens with zero attached hydrogens (tertiary/aromatic N) is 5. The van der Waals surface area contributed by atoms with Crippen LogP contribution < -0.4 is 5.32 Å². The van der Waals surface area contributed by atoms with Crippen LogP contribution in [0.15, 0.2) is 35.0 Å². The number of hydrogen-bond acceptors (Lipinski definition) is 7. The van der Waals surface area contributed by atoms with Gasteiger partial charge in [0.05, 0.1) is 11.0 Å². The third-order valence-corrected chi connectivity index (χ3v) is 7.63. The monoisotopic (exact) mass is 484 g/mol. The Morgan fingerprint density at radius 2 is 1.86 bits per heavy atom. The van der Waals surface area contributed by atoms with Crippen LogP contribution >= 0.6 is 0 Å². The first kappa shape index (κ1) is 22.1. The Morgan fingerprint density at radius 1 is 1.09 bits per heavy atom. The molecule has 0 aromatic carbocycles. The molecule has 3 aromatic rings. The van der Waals surface area contributed by atoms with Gasteiger partial charge in [-0.05, 0) is 75.5 Å². The summed E-state index contributed by atoms with van der Waals surface area (Å²) in [7, 11) is 0. The third-order valence-electron chi connectivity index (χ3n) is 7.63. The second-order valence-electron chi connectivity index (χ2n) is 10.3. The van der Waals surface area contributed by atoms with Crippen molar-refractivity contribution >= 4 is 5.91 Å². The molecule has 4 bridgehead atoms. The normalized spacial score (nSPS) is 29.4. The van der Waals surface area contributed by atoms with Gasteiger partial charge in [0.2, 0.25) is 11.8 Å². The molecule has 1 amide bonds. The van der Waals surface area contributed by atoms with Crippen LogP contribution in [0.3, 0.4) is 0 Å². The summed E-state index contributed by atoms with van der Waals surface area (Å²) in [6.07, 6.45) is 3.52. The Balaban J connectivity index is 1.27. The van der Waals surface area contributed by atoms with Crippen molar-refractivity contribution in [3.63, 3.8) is 0 Å². The van der Waals surface area contributed by atoms with Gasteiger partial charge >= 0.3 is 6.18 Å². The van der Waals surface area contributed by atoms with Gasteiger partial charge in [-0.3, -0.25) is 9.78 Å². The summed E-state index contributed by atoms with van der Waals surface area (Å²) in [5.41, 5.74) is -1.05. The van der Waals surface area contributed by atoms with E-state index < -0.39 is 11.9 Å². The zero-order valence-electron chi connectivity index (χ0n) is 19.0. The third kappa shape index (κ3) is 3.86. The molecule has 0 spiro atoms. The van der Waals surface area contributed by atoms with Gasteiger partial charge in [0.1, 0.15) is 17.2 Å². The molecule has 182 valence electrons. The van der Waals surface area contributed by atoms with Crippen LogP contribution in [0.25, 0.3) is 11.5 Å². The lowest BCUT2D eigenvalue weighted by Crippen LogP contribution is -2.64. The molecule has 35 heavy (non-hydrogen) atoms. The van der Waals surface area contributed by atoms with Crippen molar-refractivity contribution < 1.29 is 22.4 Å². The maximum atomic E-state index is 13.1. The first-order valence-electron chi connectivity index (χ1n) is 11.6. The van der Waals surface area contributed by atoms with Crippen LogP contribution in [-0.4, -0.2) is 36.6 Å². The fraction of sp³-hybridized carbons (Fsp3) is 0.500. The van der Waals surface area contributed by atoms with Crippen molar-refractivity contribution in [2.45, 2.75) is 62.6 Å². The molecule has 3 heterocycles. The minimum atomic E-state index is -4.51. The van der Waals surface area contributed by atoms with Crippen LogP contribution in [-0.2, 0) is 11.6 Å². The fourth-order valence-corrected chi connectivity index (χ4v) is 6.79. The summed E-state index contributed by atoms with van der Waals surface area (Å²) in [5, 5.41) is 11.8. The van der Waals surface area contributed by atoms with Crippen molar-refractivity contribution in [2.24, 2.45) is 11.8 Å². The predicted molar refractivity (Wildman–Crippen MR) is 116 cm³/mol. The van der Waals surface area contributed by atoms with Crippen LogP contribution in [0, 0.1) is 18.8 Å². The molecule has 3 aromatic heterocycles. The lowest BCUT2D eigenvalue weighted by atomic mass is 9.46. The molecule has 4 fully saturated rings. The zero-order valence-corrected chi connectivity index (χ0v) is 19.0. The van der Waals surface area contributed by atoms with E-state index in [9.17, 15) is 18.0 Å². The van der Waals surface area contributed by atoms with Crippen LogP contribution in [0.2, 0.25) is 0 Å². The maximum Gasteiger partial charge on any atom is 0.433 e. The SMILES string of the molecule is Cc1nccc(C(=O)NC23CC4CC(C2)CC(c2nnc(-c5ccc(C(F)(F)F)nc5)o2)(C4)C3)n1. The largest absolute Gasteiger partial charge is 0.433 e. The number of aromatic nitrogens is 5. The van der Waals surface area contributed by atoms with E-state index in [4.69, 9.17) is 4.42 Å². The summed E-state index contributed by atoms with van der Waals surface area (Å²) in [4.78, 5) is 24.9. The van der Waals surface area contributed by atoms with Gasteiger partial charge in [0, 0.05) is 17.9 Å². The molecule has 8 nitrogen and oxygen atoms in total. The summed E-state index contributed by atoms with van der Waals surface area (Å²) in [6, 6.07) is 3.81. The van der Waals surface area contributed by atoms with Crippen molar-refractivity contribution in [3.8, 4) is 11.5 Å². The number of alkyl halides is 3. The number of aryl methyl sites for hydroxylation is 1. The molecule has 4 aliphatic carbocycles. The smallest absolute Gasteiger partial charge is 0.420 e. The van der Waals surface area contributed by atoms with Gasteiger partial charge in [-0.15, -0.1) is 10.2 Å². The summed E-state index contributed by atoms with van der Waals surface area (Å²) in [5.74, 6) is 1.80. The standard InChI is InChI=1S/C24H23F3N6O2/c1-13-28-5-4-17(30-13)19(34)31-23-9-14-6-15(10-23)8-22(7-14,12-23)21-33-32-20(35-21)16-2-3-18(29-11-16)24(25,26)27/h2-5,11,14-15H,6-10,12H2,1H3,(H,31,34). The molecule has 1 N–H and O–H groups in total. The molecular weight excluding hydrogens is 461 g/mol. The highest BCUT2D eigenvalue weighted by molar-refractivity contribution is 5.92. The highest BCUT2D eigenvalue weighted by atomic mass is 19.4. The van der Waals surface area contributed by atoms with Crippen LogP contribution in [0.5, 0.6) is 0 Å². The van der Waals surface area contributed by atoms with E-state index in [0.29, 0.717) is 41.2 Å². The Labute approximate surface area is 198 Å². The molecule has 7 rings (SSSR count). The van der Waals surface area contributed by atoms with Crippen molar-refractivity contribution in [1.29, 1.82) is 0 Å². The van der Waals surface area contributed by atoms with E-state index >= 15 is 0 Å². The van der Waals surface area contributed by atoms with Gasteiger partial charge in [0.15, 0.2) is 0 Å². The van der Waals surface area contributed by atoms with Crippen LogP contribution in [0.4, 0.5) is 13.2 Å². The van der Waals surface area contributed by atoms with Gasteiger partial charge in [0.25, 0.3) is 5.91 Å². The number of halogens is 3. The molecule has 0 saturated heterocycles. The van der Waals surface area contributed by atoms with E-state index in [2.05, 4.69) is 30.5 Å². The maximum absolute atomic E-state index is 13.1. The van der Waals surface area contributed by atoms with Crippen LogP contribution in [0.1, 0.15) is 66.4 Å². The Morgan fingerprint density at radius 3 is 2.51 bits per heavy atom. The van der Waals surface area contributed by atoms with Gasteiger partial charge in [-0.2, -0.15) is 13.2 Å². The second kappa shape index (κ2) is 7.56. The molecule has 11 heteroatoms. The molecular formula is C24H23F3N6O2. The molecule has 2 unspecified atom stereocenters. The minimum Gasteiger partial charge on any atom is -0.420 e. The van der Waals surface area contributed by atoms with Gasteiger partial charge in [-0.1, -0.05) is 0 Å². The fourth-order valence-electron chi connectivity index (χ4n) is 6.79. The number of rotatable bonds is 4. The lowest BCUT2D eigenvalue weighted by molar-refractivity contribution is -0.141. The molecule has 4 saturated carbocycles. The topological polar surface area (TPSA) is 107 Å². The summed E-state index contributed by atoms with van der Waals surface area (Å²) in [6.45, 7) is 1.75. The highest BCUT2D eigenvalue weighted by Gasteiger charge is 2.61. The van der Waals surface area contributed by atoms with E-state index in [1.807, 2.05) is 0 Å². The Bertz CT molecular complexity index is 1270. The highest BCUT2D eigenvalue weighted by Crippen LogP contribution is 2.62. The second-order valence-corrected chi connectivity index (χ2v) is 10.3. The predicted octanol–water partition coefficient (Wildman–Crippen LogP) is 4.27. The molecule has 0 aliphatic heterocycles. The number of carbonyl (C=O) groups excluding carboxylic acids is 1. The van der Waals surface area contributed by atoms with E-state index in [1.54, 1.807) is 19.2 Å². The van der Waals surface area contributed by atoms with E-state index in [1.165, 1.54) is 6.07 Å². The number of hydrogen-bond donors (Lipinski definition) is 1. The average molecular weight is 484 g/mol. The van der Waals surface area contributed by atoms with Crippen molar-refractivity contribution in [2.75, 3.05) is 0 Å². The first-order chi connectivity index (χ1) is 16.6. The zero-order chi connectivity index (χ0) is 24.4. The number of amides is 1. The number of carbonyl (C=O) groups is 1. The Kier molecular flexibility index (Phi) is 4.78. The first-order valence-corrected chi connectivity index (χ1v) is 11.6. The molecule has 0 radical (unpaired) electrons. The van der Waals surface area contributed by atoms with Gasteiger partial charge < -0.3 is 9.73 Å².